The zero-order valence-electron chi connectivity index (χ0n) is 11.2. The van der Waals surface area contributed by atoms with Crippen molar-refractivity contribution >= 4 is 0 Å². The number of nitrogens with zero attached hydrogens (tertiary/aromatic N) is 1. The average Bonchev–Trinajstić information content (AvgIpc) is 2.46. The molecule has 1 heterocycles. The van der Waals surface area contributed by atoms with Crippen molar-refractivity contribution in [3.05, 3.63) is 35.4 Å². The Bertz CT molecular complexity index is 453. The topological polar surface area (TPSA) is 43.7 Å². The van der Waals surface area contributed by atoms with Crippen molar-refractivity contribution < 1.29 is 10.2 Å². The molecule has 1 aromatic carbocycles. The Morgan fingerprint density at radius 1 is 1.21 bits per heavy atom. The van der Waals surface area contributed by atoms with Crippen LogP contribution in [-0.4, -0.2) is 41.4 Å². The summed E-state index contributed by atoms with van der Waals surface area (Å²) in [6.45, 7) is 3.27. The lowest BCUT2D eigenvalue weighted by atomic mass is 9.97. The highest BCUT2D eigenvalue weighted by molar-refractivity contribution is 5.37. The zero-order valence-corrected chi connectivity index (χ0v) is 11.2. The van der Waals surface area contributed by atoms with E-state index in [1.54, 1.807) is 0 Å². The van der Waals surface area contributed by atoms with Gasteiger partial charge in [-0.15, -0.1) is 0 Å². The van der Waals surface area contributed by atoms with Crippen LogP contribution in [0.1, 0.15) is 24.0 Å². The fourth-order valence-corrected chi connectivity index (χ4v) is 2.47. The molecule has 1 aliphatic rings. The van der Waals surface area contributed by atoms with Crippen LogP contribution < -0.4 is 0 Å². The lowest BCUT2D eigenvalue weighted by molar-refractivity contribution is 0.127. The molecule has 19 heavy (non-hydrogen) atoms. The molecule has 0 amide bonds. The summed E-state index contributed by atoms with van der Waals surface area (Å²) in [5.74, 6) is 6.09. The molecule has 0 saturated carbocycles. The number of rotatable bonds is 3. The smallest absolute Gasteiger partial charge is 0.104 e. The van der Waals surface area contributed by atoms with E-state index in [0.717, 1.165) is 38.0 Å². The molecule has 3 nitrogen and oxygen atoms in total. The molecular weight excluding hydrogens is 238 g/mol. The van der Waals surface area contributed by atoms with Gasteiger partial charge < -0.3 is 10.2 Å². The number of hydrogen-bond donors (Lipinski definition) is 2. The molecule has 0 unspecified atom stereocenters. The van der Waals surface area contributed by atoms with Crippen LogP contribution in [0.15, 0.2) is 24.3 Å². The number of likely N-dealkylation sites (tertiary alicyclic amines) is 1. The van der Waals surface area contributed by atoms with Gasteiger partial charge in [0.25, 0.3) is 0 Å². The summed E-state index contributed by atoms with van der Waals surface area (Å²) in [6, 6.07) is 8.17. The van der Waals surface area contributed by atoms with E-state index in [0.29, 0.717) is 12.5 Å². The van der Waals surface area contributed by atoms with Crippen molar-refractivity contribution in [3.8, 4) is 11.8 Å². The molecule has 0 atom stereocenters. The largest absolute Gasteiger partial charge is 0.396 e. The average molecular weight is 259 g/mol. The Morgan fingerprint density at radius 3 is 2.68 bits per heavy atom. The van der Waals surface area contributed by atoms with Gasteiger partial charge in [-0.25, -0.2) is 0 Å². The van der Waals surface area contributed by atoms with E-state index < -0.39 is 0 Å². The van der Waals surface area contributed by atoms with Crippen molar-refractivity contribution in [2.45, 2.75) is 19.4 Å². The van der Waals surface area contributed by atoms with Crippen molar-refractivity contribution in [3.63, 3.8) is 0 Å². The molecule has 1 aromatic rings. The highest BCUT2D eigenvalue weighted by Gasteiger charge is 2.18. The second-order valence-corrected chi connectivity index (χ2v) is 5.06. The van der Waals surface area contributed by atoms with Crippen molar-refractivity contribution in [2.75, 3.05) is 26.3 Å². The van der Waals surface area contributed by atoms with Crippen molar-refractivity contribution in [1.29, 1.82) is 0 Å². The Labute approximate surface area is 114 Å². The van der Waals surface area contributed by atoms with Crippen LogP contribution in [0.3, 0.4) is 0 Å². The second-order valence-electron chi connectivity index (χ2n) is 5.06. The Hall–Kier alpha value is -1.34. The predicted molar refractivity (Wildman–Crippen MR) is 75.5 cm³/mol. The van der Waals surface area contributed by atoms with Gasteiger partial charge in [0, 0.05) is 18.7 Å². The normalized spacial score (nSPS) is 16.9. The van der Waals surface area contributed by atoms with Crippen LogP contribution >= 0.6 is 0 Å². The van der Waals surface area contributed by atoms with Gasteiger partial charge in [0.15, 0.2) is 0 Å². The first kappa shape index (κ1) is 14.1. The van der Waals surface area contributed by atoms with E-state index in [1.807, 2.05) is 12.1 Å². The van der Waals surface area contributed by atoms with E-state index >= 15 is 0 Å². The standard InChI is InChI=1S/C16H21NO2/c18-10-2-5-14-3-1-4-16(11-14)12-17-8-6-15(13-19)7-9-17/h1,3-4,11,15,18-19H,6-10,12-13H2. The lowest BCUT2D eigenvalue weighted by Gasteiger charge is -2.31. The SMILES string of the molecule is OCC#Cc1cccc(CN2CCC(CO)CC2)c1. The summed E-state index contributed by atoms with van der Waals surface area (Å²) in [6.07, 6.45) is 2.17. The van der Waals surface area contributed by atoms with Gasteiger partial charge in [-0.2, -0.15) is 0 Å². The van der Waals surface area contributed by atoms with Crippen LogP contribution in [0.5, 0.6) is 0 Å². The number of piperidine rings is 1. The maximum absolute atomic E-state index is 9.13. The van der Waals surface area contributed by atoms with Crippen LogP contribution in [0.4, 0.5) is 0 Å². The fourth-order valence-electron chi connectivity index (χ4n) is 2.47. The molecule has 3 heteroatoms. The molecule has 0 aromatic heterocycles. The van der Waals surface area contributed by atoms with E-state index in [9.17, 15) is 0 Å². The molecule has 0 aliphatic carbocycles. The minimum atomic E-state index is -0.0983. The lowest BCUT2D eigenvalue weighted by Crippen LogP contribution is -2.34. The minimum absolute atomic E-state index is 0.0983. The maximum atomic E-state index is 9.13. The van der Waals surface area contributed by atoms with Gasteiger partial charge in [-0.3, -0.25) is 4.90 Å². The Balaban J connectivity index is 1.92. The van der Waals surface area contributed by atoms with Gasteiger partial charge >= 0.3 is 0 Å². The summed E-state index contributed by atoms with van der Waals surface area (Å²) in [5.41, 5.74) is 2.21. The van der Waals surface area contributed by atoms with Gasteiger partial charge in [-0.1, -0.05) is 24.0 Å². The molecule has 1 fully saturated rings. The summed E-state index contributed by atoms with van der Waals surface area (Å²) in [4.78, 5) is 2.42. The zero-order chi connectivity index (χ0) is 13.5. The Kier molecular flexibility index (Phi) is 5.41. The summed E-state index contributed by atoms with van der Waals surface area (Å²) < 4.78 is 0. The molecule has 1 aliphatic heterocycles. The summed E-state index contributed by atoms with van der Waals surface area (Å²) in [7, 11) is 0. The highest BCUT2D eigenvalue weighted by Crippen LogP contribution is 2.18. The van der Waals surface area contributed by atoms with E-state index in [4.69, 9.17) is 10.2 Å². The predicted octanol–water partition coefficient (Wildman–Crippen LogP) is 1.23. The summed E-state index contributed by atoms with van der Waals surface area (Å²) in [5, 5.41) is 17.8. The van der Waals surface area contributed by atoms with Gasteiger partial charge in [-0.05, 0) is 49.5 Å². The minimum Gasteiger partial charge on any atom is -0.396 e. The van der Waals surface area contributed by atoms with Crippen molar-refractivity contribution in [2.24, 2.45) is 5.92 Å². The molecule has 0 spiro atoms. The Morgan fingerprint density at radius 2 is 2.00 bits per heavy atom. The van der Waals surface area contributed by atoms with Crippen LogP contribution in [0.2, 0.25) is 0 Å². The summed E-state index contributed by atoms with van der Waals surface area (Å²) >= 11 is 0. The quantitative estimate of drug-likeness (QED) is 0.803. The fraction of sp³-hybridized carbons (Fsp3) is 0.500. The first-order valence-electron chi connectivity index (χ1n) is 6.83. The second kappa shape index (κ2) is 7.30. The molecular formula is C16H21NO2. The number of hydrogen-bond acceptors (Lipinski definition) is 3. The molecule has 1 saturated heterocycles. The van der Waals surface area contributed by atoms with Crippen LogP contribution in [0, 0.1) is 17.8 Å². The molecule has 2 rings (SSSR count). The van der Waals surface area contributed by atoms with Crippen molar-refractivity contribution in [1.82, 2.24) is 4.90 Å². The highest BCUT2D eigenvalue weighted by atomic mass is 16.3. The third-order valence-electron chi connectivity index (χ3n) is 3.61. The maximum Gasteiger partial charge on any atom is 0.104 e. The third-order valence-corrected chi connectivity index (χ3v) is 3.61. The third kappa shape index (κ3) is 4.36. The first-order chi connectivity index (χ1) is 9.31. The number of aliphatic hydroxyl groups is 2. The van der Waals surface area contributed by atoms with Crippen LogP contribution in [-0.2, 0) is 6.54 Å². The van der Waals surface area contributed by atoms with Gasteiger partial charge in [0.2, 0.25) is 0 Å². The monoisotopic (exact) mass is 259 g/mol. The van der Waals surface area contributed by atoms with Gasteiger partial charge in [0.05, 0.1) is 0 Å². The van der Waals surface area contributed by atoms with E-state index in [-0.39, 0.29) is 6.61 Å². The number of aliphatic hydroxyl groups excluding tert-OH is 2. The van der Waals surface area contributed by atoms with E-state index in [2.05, 4.69) is 28.9 Å². The number of benzene rings is 1. The van der Waals surface area contributed by atoms with E-state index in [1.165, 1.54) is 5.56 Å². The molecule has 0 radical (unpaired) electrons. The molecule has 2 N–H and O–H groups in total. The van der Waals surface area contributed by atoms with Crippen LogP contribution in [0.25, 0.3) is 0 Å². The first-order valence-corrected chi connectivity index (χ1v) is 6.83. The van der Waals surface area contributed by atoms with Gasteiger partial charge in [0.1, 0.15) is 6.61 Å². The molecule has 0 bridgehead atoms. The molecule has 102 valence electrons.